The molecule has 102 valence electrons. The summed E-state index contributed by atoms with van der Waals surface area (Å²) < 4.78 is 5.72. The summed E-state index contributed by atoms with van der Waals surface area (Å²) in [6.07, 6.45) is 5.51. The van der Waals surface area contributed by atoms with Crippen molar-refractivity contribution in [3.05, 3.63) is 0 Å². The summed E-state index contributed by atoms with van der Waals surface area (Å²) in [7, 11) is 0. The van der Waals surface area contributed by atoms with Crippen LogP contribution in [0.4, 0.5) is 0 Å². The molecule has 1 saturated carbocycles. The number of aliphatic hydroxyl groups is 1. The first kappa shape index (κ1) is 14.9. The summed E-state index contributed by atoms with van der Waals surface area (Å²) in [6, 6.07) is 0.644. The first-order valence-electron chi connectivity index (χ1n) is 6.93. The monoisotopic (exact) mass is 243 g/mol. The molecule has 0 aromatic rings. The fourth-order valence-corrected chi connectivity index (χ4v) is 2.04. The Balaban J connectivity index is 2.28. The topological polar surface area (TPSA) is 41.5 Å². The van der Waals surface area contributed by atoms with E-state index < -0.39 is 0 Å². The van der Waals surface area contributed by atoms with E-state index >= 15 is 0 Å². The molecular weight excluding hydrogens is 214 g/mol. The van der Waals surface area contributed by atoms with Crippen LogP contribution in [-0.4, -0.2) is 35.5 Å². The third kappa shape index (κ3) is 5.84. The van der Waals surface area contributed by atoms with Crippen LogP contribution in [0.15, 0.2) is 0 Å². The van der Waals surface area contributed by atoms with Gasteiger partial charge in [0.05, 0.1) is 12.2 Å². The second-order valence-corrected chi connectivity index (χ2v) is 6.27. The molecule has 0 amide bonds. The molecule has 0 radical (unpaired) electrons. The molecule has 0 spiro atoms. The molecule has 0 heterocycles. The predicted molar refractivity (Wildman–Crippen MR) is 71.2 cm³/mol. The highest BCUT2D eigenvalue weighted by molar-refractivity contribution is 4.94. The molecule has 0 bridgehead atoms. The minimum atomic E-state index is -0.0809. The first-order chi connectivity index (χ1) is 7.91. The fourth-order valence-electron chi connectivity index (χ4n) is 2.04. The Labute approximate surface area is 106 Å². The van der Waals surface area contributed by atoms with Gasteiger partial charge in [-0.15, -0.1) is 0 Å². The number of hydrogen-bond donors (Lipinski definition) is 2. The van der Waals surface area contributed by atoms with Crippen molar-refractivity contribution >= 4 is 0 Å². The number of aliphatic hydroxyl groups excluding tert-OH is 1. The van der Waals surface area contributed by atoms with E-state index in [0.717, 1.165) is 25.9 Å². The minimum absolute atomic E-state index is 0.0575. The molecule has 1 rings (SSSR count). The molecule has 1 atom stereocenters. The third-order valence-corrected chi connectivity index (χ3v) is 3.40. The Hall–Kier alpha value is -0.120. The number of hydrogen-bond acceptors (Lipinski definition) is 3. The Kier molecular flexibility index (Phi) is 5.42. The summed E-state index contributed by atoms with van der Waals surface area (Å²) in [6.45, 7) is 9.39. The van der Waals surface area contributed by atoms with Crippen LogP contribution in [0.25, 0.3) is 0 Å². The van der Waals surface area contributed by atoms with Crippen LogP contribution < -0.4 is 5.32 Å². The number of ether oxygens (including phenoxy) is 1. The lowest BCUT2D eigenvalue weighted by atomic mass is 9.91. The quantitative estimate of drug-likeness (QED) is 0.644. The van der Waals surface area contributed by atoms with Crippen LogP contribution >= 0.6 is 0 Å². The van der Waals surface area contributed by atoms with E-state index in [-0.39, 0.29) is 17.7 Å². The van der Waals surface area contributed by atoms with Gasteiger partial charge in [-0.25, -0.2) is 0 Å². The predicted octanol–water partition coefficient (Wildman–Crippen LogP) is 2.47. The zero-order chi connectivity index (χ0) is 12.9. The Morgan fingerprint density at radius 1 is 1.29 bits per heavy atom. The van der Waals surface area contributed by atoms with Crippen LogP contribution in [-0.2, 0) is 4.74 Å². The zero-order valence-electron chi connectivity index (χ0n) is 11.9. The van der Waals surface area contributed by atoms with E-state index in [1.54, 1.807) is 0 Å². The summed E-state index contributed by atoms with van der Waals surface area (Å²) >= 11 is 0. The van der Waals surface area contributed by atoms with E-state index in [1.165, 1.54) is 12.8 Å². The lowest BCUT2D eigenvalue weighted by Crippen LogP contribution is -2.49. The molecular formula is C14H29NO2. The average molecular weight is 243 g/mol. The standard InChI is InChI=1S/C14H29NO2/c1-5-14(11-16,15-12-7-8-12)9-6-10-17-13(2,3)4/h12,15-16H,5-11H2,1-4H3. The third-order valence-electron chi connectivity index (χ3n) is 3.40. The Morgan fingerprint density at radius 2 is 1.94 bits per heavy atom. The average Bonchev–Trinajstić information content (AvgIpc) is 3.05. The van der Waals surface area contributed by atoms with Crippen LogP contribution in [0, 0.1) is 0 Å². The summed E-state index contributed by atoms with van der Waals surface area (Å²) in [4.78, 5) is 0. The molecule has 3 nitrogen and oxygen atoms in total. The summed E-state index contributed by atoms with van der Waals surface area (Å²) in [5.74, 6) is 0. The molecule has 0 saturated heterocycles. The SMILES string of the molecule is CCC(CO)(CCCOC(C)(C)C)NC1CC1. The molecule has 1 unspecified atom stereocenters. The van der Waals surface area contributed by atoms with Crippen molar-refractivity contribution in [3.8, 4) is 0 Å². The van der Waals surface area contributed by atoms with Gasteiger partial charge in [-0.1, -0.05) is 6.92 Å². The minimum Gasteiger partial charge on any atom is -0.394 e. The maximum atomic E-state index is 9.61. The lowest BCUT2D eigenvalue weighted by Gasteiger charge is -2.33. The highest BCUT2D eigenvalue weighted by atomic mass is 16.5. The smallest absolute Gasteiger partial charge is 0.0613 e. The summed E-state index contributed by atoms with van der Waals surface area (Å²) in [5.41, 5.74) is -0.138. The van der Waals surface area contributed by atoms with Gasteiger partial charge in [0.25, 0.3) is 0 Å². The molecule has 0 aromatic heterocycles. The van der Waals surface area contributed by atoms with E-state index in [9.17, 15) is 5.11 Å². The Bertz CT molecular complexity index is 215. The molecule has 1 aliphatic rings. The number of nitrogens with one attached hydrogen (secondary N) is 1. The van der Waals surface area contributed by atoms with Crippen LogP contribution in [0.5, 0.6) is 0 Å². The maximum Gasteiger partial charge on any atom is 0.0613 e. The van der Waals surface area contributed by atoms with E-state index in [4.69, 9.17) is 4.74 Å². The highest BCUT2D eigenvalue weighted by Crippen LogP contribution is 2.27. The summed E-state index contributed by atoms with van der Waals surface area (Å²) in [5, 5.41) is 13.2. The molecule has 2 N–H and O–H groups in total. The van der Waals surface area contributed by atoms with Crippen LogP contribution in [0.2, 0.25) is 0 Å². The van der Waals surface area contributed by atoms with Gasteiger partial charge in [-0.2, -0.15) is 0 Å². The van der Waals surface area contributed by atoms with E-state index in [2.05, 4.69) is 33.0 Å². The molecule has 3 heteroatoms. The Morgan fingerprint density at radius 3 is 2.35 bits per heavy atom. The van der Waals surface area contributed by atoms with Crippen molar-refractivity contribution in [1.82, 2.24) is 5.32 Å². The van der Waals surface area contributed by atoms with Gasteiger partial charge in [-0.3, -0.25) is 0 Å². The first-order valence-corrected chi connectivity index (χ1v) is 6.93. The van der Waals surface area contributed by atoms with Gasteiger partial charge in [0.2, 0.25) is 0 Å². The molecule has 0 aromatic carbocycles. The zero-order valence-corrected chi connectivity index (χ0v) is 11.9. The molecule has 0 aliphatic heterocycles. The second-order valence-electron chi connectivity index (χ2n) is 6.27. The lowest BCUT2D eigenvalue weighted by molar-refractivity contribution is -0.00882. The maximum absolute atomic E-state index is 9.61. The van der Waals surface area contributed by atoms with Crippen LogP contribution in [0.3, 0.4) is 0 Å². The molecule has 1 aliphatic carbocycles. The van der Waals surface area contributed by atoms with Gasteiger partial charge in [0.1, 0.15) is 0 Å². The van der Waals surface area contributed by atoms with Crippen molar-refractivity contribution in [2.24, 2.45) is 0 Å². The van der Waals surface area contributed by atoms with Crippen molar-refractivity contribution in [1.29, 1.82) is 0 Å². The molecule has 1 fully saturated rings. The normalized spacial score (nSPS) is 20.3. The van der Waals surface area contributed by atoms with Crippen molar-refractivity contribution in [2.45, 2.75) is 77.0 Å². The van der Waals surface area contributed by atoms with Gasteiger partial charge in [-0.05, 0) is 52.9 Å². The molecule has 17 heavy (non-hydrogen) atoms. The van der Waals surface area contributed by atoms with Gasteiger partial charge < -0.3 is 15.2 Å². The van der Waals surface area contributed by atoms with E-state index in [1.807, 2.05) is 0 Å². The van der Waals surface area contributed by atoms with Crippen LogP contribution in [0.1, 0.15) is 59.8 Å². The largest absolute Gasteiger partial charge is 0.394 e. The van der Waals surface area contributed by atoms with Crippen molar-refractivity contribution in [2.75, 3.05) is 13.2 Å². The second kappa shape index (κ2) is 6.17. The highest BCUT2D eigenvalue weighted by Gasteiger charge is 2.33. The van der Waals surface area contributed by atoms with Crippen molar-refractivity contribution < 1.29 is 9.84 Å². The van der Waals surface area contributed by atoms with Gasteiger partial charge >= 0.3 is 0 Å². The van der Waals surface area contributed by atoms with E-state index in [0.29, 0.717) is 6.04 Å². The van der Waals surface area contributed by atoms with Gasteiger partial charge in [0, 0.05) is 18.2 Å². The fraction of sp³-hybridized carbons (Fsp3) is 1.00. The van der Waals surface area contributed by atoms with Crippen molar-refractivity contribution in [3.63, 3.8) is 0 Å². The van der Waals surface area contributed by atoms with Gasteiger partial charge in [0.15, 0.2) is 0 Å². The number of rotatable bonds is 8.